The van der Waals surface area contributed by atoms with Gasteiger partial charge in [-0.25, -0.2) is 0 Å². The zero-order chi connectivity index (χ0) is 42.6. The fourth-order valence-electron chi connectivity index (χ4n) is 8.99. The molecule has 0 bridgehead atoms. The van der Waals surface area contributed by atoms with Crippen LogP contribution in [0.15, 0.2) is 115 Å². The second kappa shape index (κ2) is 20.9. The molecule has 13 nitrogen and oxygen atoms in total. The topological polar surface area (TPSA) is 176 Å². The van der Waals surface area contributed by atoms with Crippen LogP contribution in [0.3, 0.4) is 0 Å². The third-order valence-electron chi connectivity index (χ3n) is 11.7. The van der Waals surface area contributed by atoms with Crippen molar-refractivity contribution < 1.29 is 39.0 Å². The number of nitro benzene ring substituents is 1. The number of hydrogen-bond acceptors (Lipinski definition) is 13. The van der Waals surface area contributed by atoms with Gasteiger partial charge in [0.05, 0.1) is 34.1 Å². The number of aliphatic hydroxyl groups excluding tert-OH is 2. The van der Waals surface area contributed by atoms with Crippen LogP contribution in [0.4, 0.5) is 5.69 Å². The number of oxime groups is 1. The van der Waals surface area contributed by atoms with Crippen LogP contribution in [0.2, 0.25) is 0 Å². The van der Waals surface area contributed by atoms with Gasteiger partial charge < -0.3 is 29.3 Å². The molecule has 0 spiro atoms. The third kappa shape index (κ3) is 10.2. The molecule has 1 fully saturated rings. The number of hydrogen-bond donors (Lipinski definition) is 2. The number of aryl methyl sites for hydroxylation is 1. The van der Waals surface area contributed by atoms with Crippen LogP contribution in [-0.2, 0) is 22.6 Å². The molecule has 2 heterocycles. The number of nitro groups is 1. The summed E-state index contributed by atoms with van der Waals surface area (Å²) >= 11 is 1.73. The number of benzene rings is 3. The number of aldehydes is 1. The first kappa shape index (κ1) is 43.7. The zero-order valence-electron chi connectivity index (χ0n) is 34.1. The number of aromatic nitrogens is 2. The van der Waals surface area contributed by atoms with Gasteiger partial charge in [-0.05, 0) is 96.9 Å². The Morgan fingerprint density at radius 2 is 1.82 bits per heavy atom. The maximum Gasteiger partial charge on any atom is 0.269 e. The first-order valence-electron chi connectivity index (χ1n) is 20.9. The van der Waals surface area contributed by atoms with Gasteiger partial charge in [-0.3, -0.25) is 24.9 Å². The first-order valence-corrected chi connectivity index (χ1v) is 22.0. The average molecular weight is 849 g/mol. The van der Waals surface area contributed by atoms with E-state index in [0.29, 0.717) is 54.2 Å². The third-order valence-corrected chi connectivity index (χ3v) is 13.0. The number of nitrogens with zero attached hydrogens (tertiary/aromatic N) is 4. The first-order chi connectivity index (χ1) is 29.9. The van der Waals surface area contributed by atoms with Crippen LogP contribution in [-0.4, -0.2) is 73.7 Å². The molecule has 0 radical (unpaired) electrons. The summed E-state index contributed by atoms with van der Waals surface area (Å²) in [7, 11) is 0. The number of aliphatic hydroxyl groups is 2. The molecule has 2 aliphatic carbocycles. The van der Waals surface area contributed by atoms with E-state index in [2.05, 4.69) is 22.6 Å². The van der Waals surface area contributed by atoms with Crippen molar-refractivity contribution in [3.63, 3.8) is 0 Å². The summed E-state index contributed by atoms with van der Waals surface area (Å²) in [5.74, 6) is 1.02. The summed E-state index contributed by atoms with van der Waals surface area (Å²) in [6, 6.07) is 19.2. The molecule has 1 aliphatic heterocycles. The predicted molar refractivity (Wildman–Crippen MR) is 233 cm³/mol. The van der Waals surface area contributed by atoms with Gasteiger partial charge in [0.1, 0.15) is 30.1 Å². The second-order valence-corrected chi connectivity index (χ2v) is 16.9. The van der Waals surface area contributed by atoms with Crippen molar-refractivity contribution in [2.45, 2.75) is 74.9 Å². The molecule has 4 aromatic rings. The van der Waals surface area contributed by atoms with Crippen LogP contribution in [0, 0.1) is 27.9 Å². The summed E-state index contributed by atoms with van der Waals surface area (Å²) in [4.78, 5) is 37.4. The van der Waals surface area contributed by atoms with Gasteiger partial charge in [-0.2, -0.15) is 11.8 Å². The summed E-state index contributed by atoms with van der Waals surface area (Å²) in [5, 5.41) is 35.7. The lowest BCUT2D eigenvalue weighted by atomic mass is 9.56. The van der Waals surface area contributed by atoms with Gasteiger partial charge in [-0.1, -0.05) is 42.3 Å². The lowest BCUT2D eigenvalue weighted by Crippen LogP contribution is -2.64. The molecule has 14 heteroatoms. The Bertz CT molecular complexity index is 2190. The molecule has 1 saturated carbocycles. The number of carbonyl (C=O) groups is 1. The molecule has 7 rings (SSSR count). The van der Waals surface area contributed by atoms with E-state index in [1.165, 1.54) is 12.1 Å². The van der Waals surface area contributed by atoms with Crippen molar-refractivity contribution in [3.05, 3.63) is 142 Å². The molecule has 0 unspecified atom stereocenters. The Hall–Kier alpha value is -5.41. The number of carbonyl (C=O) groups excluding carboxylic acids is 1. The Balaban J connectivity index is 1.35. The van der Waals surface area contributed by atoms with E-state index in [1.54, 1.807) is 66.8 Å². The minimum Gasteiger partial charge on any atom is -0.460 e. The minimum atomic E-state index is -1.16. The standard InChI is InChI=1S/C47H52N4O9S/c1-2-23-57-47-44(61-24-18-35-29-48-19-20-49-35)28-42(50-58-31-32-12-14-36(15-13-32)51(55)56)40-26-34(9-3-5-21-52)39(11-4-6-22-53)45(46(40)47)41-27-38(16-17-43(41)60-47)59-37-10-7-8-33(25-37)30-54/h2,7-8,10,12-17,19-20,25-27,29-30,34,39,44-46,52-53H,1,3-6,9,11,18,21-24,28,31H2/t34-,39+,44-,45+,46+,47+/m0/s1. The van der Waals surface area contributed by atoms with Crippen LogP contribution in [0.25, 0.3) is 0 Å². The predicted octanol–water partition coefficient (Wildman–Crippen LogP) is 8.80. The van der Waals surface area contributed by atoms with Crippen molar-refractivity contribution in [1.29, 1.82) is 0 Å². The molecule has 3 aromatic carbocycles. The highest BCUT2D eigenvalue weighted by Crippen LogP contribution is 2.62. The number of rotatable bonds is 22. The largest absolute Gasteiger partial charge is 0.460 e. The highest BCUT2D eigenvalue weighted by molar-refractivity contribution is 8.00. The van der Waals surface area contributed by atoms with Gasteiger partial charge in [0, 0.05) is 73.8 Å². The molecule has 0 saturated heterocycles. The molecular weight excluding hydrogens is 797 g/mol. The Morgan fingerprint density at radius 1 is 1.02 bits per heavy atom. The van der Waals surface area contributed by atoms with E-state index in [4.69, 9.17) is 24.2 Å². The lowest BCUT2D eigenvalue weighted by molar-refractivity contribution is -0.384. The summed E-state index contributed by atoms with van der Waals surface area (Å²) in [6.45, 7) is 4.56. The van der Waals surface area contributed by atoms with Crippen molar-refractivity contribution in [3.8, 4) is 17.2 Å². The normalized spacial score (nSPS) is 23.2. The van der Waals surface area contributed by atoms with Gasteiger partial charge >= 0.3 is 0 Å². The smallest absolute Gasteiger partial charge is 0.269 e. The maximum absolute atomic E-state index is 11.6. The van der Waals surface area contributed by atoms with Crippen LogP contribution < -0.4 is 9.47 Å². The average Bonchev–Trinajstić information content (AvgIpc) is 3.28. The Labute approximate surface area is 360 Å². The summed E-state index contributed by atoms with van der Waals surface area (Å²) in [6.07, 6.45) is 15.7. The van der Waals surface area contributed by atoms with Crippen LogP contribution >= 0.6 is 11.8 Å². The van der Waals surface area contributed by atoms with Crippen molar-refractivity contribution in [2.24, 2.45) is 22.9 Å². The number of ether oxygens (including phenoxy) is 3. The molecular formula is C47H52N4O9S. The van der Waals surface area contributed by atoms with Crippen LogP contribution in [0.1, 0.15) is 78.0 Å². The fraction of sp³-hybridized carbons (Fsp3) is 0.404. The van der Waals surface area contributed by atoms with E-state index in [1.807, 2.05) is 24.3 Å². The Morgan fingerprint density at radius 3 is 2.56 bits per heavy atom. The van der Waals surface area contributed by atoms with Crippen molar-refractivity contribution in [2.75, 3.05) is 25.6 Å². The summed E-state index contributed by atoms with van der Waals surface area (Å²) < 4.78 is 20.7. The van der Waals surface area contributed by atoms with E-state index >= 15 is 0 Å². The molecule has 6 atom stereocenters. The van der Waals surface area contributed by atoms with Gasteiger partial charge in [0.25, 0.3) is 5.69 Å². The molecule has 0 amide bonds. The molecule has 3 aliphatic rings. The van der Waals surface area contributed by atoms with Gasteiger partial charge in [0.2, 0.25) is 5.79 Å². The SMILES string of the molecule is C=CCO[C@@]12Oc3ccc(Oc4cccc(C=O)c4)cc3[C@H]3[C@H](CCCCO)[C@@H](CCCCO)C=C(C(=NOCc4ccc([N+](=O)[O-])cc4)C[C@@H]1SCCc1cnccn1)[C@H]32. The van der Waals surface area contributed by atoms with E-state index in [9.17, 15) is 25.1 Å². The maximum atomic E-state index is 11.6. The highest BCUT2D eigenvalue weighted by atomic mass is 32.2. The number of unbranched alkanes of at least 4 members (excludes halogenated alkanes) is 2. The molecule has 320 valence electrons. The zero-order valence-corrected chi connectivity index (χ0v) is 34.9. The van der Waals surface area contributed by atoms with Crippen molar-refractivity contribution in [1.82, 2.24) is 9.97 Å². The number of allylic oxidation sites excluding steroid dienone is 1. The van der Waals surface area contributed by atoms with E-state index < -0.39 is 10.7 Å². The monoisotopic (exact) mass is 848 g/mol. The van der Waals surface area contributed by atoms with Gasteiger partial charge in [0.15, 0.2) is 0 Å². The number of thioether (sulfide) groups is 1. The van der Waals surface area contributed by atoms with Crippen LogP contribution in [0.5, 0.6) is 17.2 Å². The second-order valence-electron chi connectivity index (χ2n) is 15.6. The van der Waals surface area contributed by atoms with E-state index in [0.717, 1.165) is 60.1 Å². The quantitative estimate of drug-likeness (QED) is 0.0253. The number of non-ortho nitro benzene ring substituents is 1. The van der Waals surface area contributed by atoms with E-state index in [-0.39, 0.29) is 61.0 Å². The lowest BCUT2D eigenvalue weighted by Gasteiger charge is -2.58. The number of fused-ring (bicyclic) bond motifs is 2. The Kier molecular flexibility index (Phi) is 15.0. The van der Waals surface area contributed by atoms with Crippen molar-refractivity contribution >= 4 is 29.4 Å². The van der Waals surface area contributed by atoms with Gasteiger partial charge in [-0.15, -0.1) is 6.58 Å². The molecule has 2 N–H and O–H groups in total. The highest BCUT2D eigenvalue weighted by Gasteiger charge is 2.64. The molecule has 61 heavy (non-hydrogen) atoms. The molecule has 1 aromatic heterocycles. The minimum absolute atomic E-state index is 0.000589. The summed E-state index contributed by atoms with van der Waals surface area (Å²) in [5.41, 5.74) is 4.84. The fourth-order valence-corrected chi connectivity index (χ4v) is 10.4.